The Balaban J connectivity index is 2.29. The molecule has 0 saturated heterocycles. The van der Waals surface area contributed by atoms with Gasteiger partial charge in [0.2, 0.25) is 5.50 Å². The number of anilines is 1. The predicted molar refractivity (Wildman–Crippen MR) is 96.0 cm³/mol. The van der Waals surface area contributed by atoms with Crippen molar-refractivity contribution in [3.63, 3.8) is 0 Å². The van der Waals surface area contributed by atoms with E-state index in [2.05, 4.69) is 20.9 Å². The summed E-state index contributed by atoms with van der Waals surface area (Å²) in [5.41, 5.74) is 6.25. The van der Waals surface area contributed by atoms with Gasteiger partial charge in [0.05, 0.1) is 21.2 Å². The molecule has 0 fully saturated rings. The van der Waals surface area contributed by atoms with Crippen LogP contribution in [0.15, 0.2) is 27.1 Å². The monoisotopic (exact) mass is 431 g/mol. The van der Waals surface area contributed by atoms with Crippen molar-refractivity contribution in [1.29, 1.82) is 0 Å². The molecule has 4 N–H and O–H groups in total. The molecule has 0 spiro atoms. The van der Waals surface area contributed by atoms with Gasteiger partial charge in [-0.15, -0.1) is 0 Å². The fourth-order valence-electron chi connectivity index (χ4n) is 2.57. The summed E-state index contributed by atoms with van der Waals surface area (Å²) in [6.07, 6.45) is 0. The van der Waals surface area contributed by atoms with Gasteiger partial charge in [0.1, 0.15) is 5.82 Å². The average molecular weight is 432 g/mol. The Morgan fingerprint density at radius 3 is 2.68 bits per heavy atom. The van der Waals surface area contributed by atoms with Crippen LogP contribution in [0.25, 0.3) is 22.6 Å². The fraction of sp³-hybridized carbons (Fsp3) is 0.267. The Bertz CT molecular complexity index is 1010. The molecule has 2 heterocycles. The van der Waals surface area contributed by atoms with E-state index in [-0.39, 0.29) is 17.4 Å². The van der Waals surface area contributed by atoms with Gasteiger partial charge >= 0.3 is 7.60 Å². The molecule has 0 aliphatic carbocycles. The van der Waals surface area contributed by atoms with Crippen LogP contribution < -0.4 is 11.2 Å². The molecule has 7 nitrogen and oxygen atoms in total. The molecule has 0 radical (unpaired) electrons. The molecule has 10 heteroatoms. The van der Waals surface area contributed by atoms with Crippen LogP contribution in [-0.4, -0.2) is 19.3 Å². The molecule has 3 rings (SSSR count). The van der Waals surface area contributed by atoms with E-state index in [1.807, 2.05) is 13.8 Å². The van der Waals surface area contributed by atoms with Gasteiger partial charge in [-0.05, 0) is 34.0 Å². The molecule has 134 valence electrons. The molecule has 0 atom stereocenters. The summed E-state index contributed by atoms with van der Waals surface area (Å²) in [4.78, 5) is 22.9. The summed E-state index contributed by atoms with van der Waals surface area (Å²) in [5.74, 6) is 0.149. The van der Waals surface area contributed by atoms with Crippen molar-refractivity contribution in [3.05, 3.63) is 28.5 Å². The molecule has 1 aromatic carbocycles. The van der Waals surface area contributed by atoms with Gasteiger partial charge in [-0.1, -0.05) is 13.8 Å². The maximum Gasteiger partial charge on any atom is 0.391 e. The lowest BCUT2D eigenvalue weighted by atomic mass is 10.2. The largest absolute Gasteiger partial charge is 0.445 e. The first kappa shape index (κ1) is 18.1. The number of imidazole rings is 1. The van der Waals surface area contributed by atoms with Gasteiger partial charge in [0.25, 0.3) is 0 Å². The van der Waals surface area contributed by atoms with Gasteiger partial charge in [0, 0.05) is 12.6 Å². The van der Waals surface area contributed by atoms with E-state index in [1.165, 1.54) is 18.2 Å². The minimum atomic E-state index is -4.51. The Hall–Kier alpha value is -1.67. The fourth-order valence-corrected chi connectivity index (χ4v) is 3.66. The molecule has 0 saturated carbocycles. The lowest BCUT2D eigenvalue weighted by molar-refractivity contribution is 0.377. The lowest BCUT2D eigenvalue weighted by Crippen LogP contribution is -2.07. The number of nitrogen functional groups attached to an aromatic ring is 1. The van der Waals surface area contributed by atoms with E-state index in [1.54, 1.807) is 4.57 Å². The number of halogens is 2. The Morgan fingerprint density at radius 1 is 1.44 bits per heavy atom. The van der Waals surface area contributed by atoms with Crippen LogP contribution >= 0.6 is 23.5 Å². The molecule has 3 aromatic rings. The van der Waals surface area contributed by atoms with Crippen LogP contribution in [-0.2, 0) is 11.1 Å². The lowest BCUT2D eigenvalue weighted by Gasteiger charge is -2.12. The molecule has 0 unspecified atom stereocenters. The molecule has 2 aromatic heterocycles. The summed E-state index contributed by atoms with van der Waals surface area (Å²) >= 11 is 3.31. The molecule has 0 amide bonds. The van der Waals surface area contributed by atoms with E-state index in [0.29, 0.717) is 27.9 Å². The SMILES string of the molecule is CC(C)Cn1c(-c2ccc(P(=O)(O)O)o2)nc2cc(F)c(N)c(Br)c21. The van der Waals surface area contributed by atoms with Crippen LogP contribution in [0.2, 0.25) is 0 Å². The normalized spacial score (nSPS) is 12.4. The highest BCUT2D eigenvalue weighted by atomic mass is 79.9. The number of fused-ring (bicyclic) bond motifs is 1. The molecule has 25 heavy (non-hydrogen) atoms. The highest BCUT2D eigenvalue weighted by molar-refractivity contribution is 9.10. The first-order valence-corrected chi connectivity index (χ1v) is 9.80. The highest BCUT2D eigenvalue weighted by Gasteiger charge is 2.25. The van der Waals surface area contributed by atoms with Gasteiger partial charge in [0.15, 0.2) is 11.6 Å². The smallest absolute Gasteiger partial charge is 0.391 e. The van der Waals surface area contributed by atoms with Gasteiger partial charge in [-0.25, -0.2) is 9.37 Å². The number of hydrogen-bond acceptors (Lipinski definition) is 4. The molecule has 0 aliphatic heterocycles. The Kier molecular flexibility index (Phi) is 4.53. The van der Waals surface area contributed by atoms with E-state index in [4.69, 9.17) is 10.2 Å². The minimum Gasteiger partial charge on any atom is -0.445 e. The summed E-state index contributed by atoms with van der Waals surface area (Å²) < 4.78 is 32.8. The van der Waals surface area contributed by atoms with E-state index < -0.39 is 18.9 Å². The van der Waals surface area contributed by atoms with Crippen molar-refractivity contribution in [3.8, 4) is 11.6 Å². The number of nitrogens with two attached hydrogens (primary N) is 1. The number of benzene rings is 1. The number of hydrogen-bond donors (Lipinski definition) is 3. The second kappa shape index (κ2) is 6.25. The van der Waals surface area contributed by atoms with Crippen molar-refractivity contribution in [2.75, 3.05) is 5.73 Å². The maximum absolute atomic E-state index is 13.9. The minimum absolute atomic E-state index is 0.0284. The second-order valence-corrected chi connectivity index (χ2v) is 8.40. The molecule has 0 bridgehead atoms. The maximum atomic E-state index is 13.9. The Labute approximate surface area is 150 Å². The summed E-state index contributed by atoms with van der Waals surface area (Å²) in [5, 5.41) is 0. The van der Waals surface area contributed by atoms with Gasteiger partial charge < -0.3 is 24.5 Å². The number of aromatic nitrogens is 2. The van der Waals surface area contributed by atoms with Crippen LogP contribution in [0.3, 0.4) is 0 Å². The standard InChI is InChI=1S/C15H16BrFN3O4P/c1-7(2)6-20-14-9(5-8(17)13(18)12(14)16)19-15(20)10-3-4-11(24-10)25(21,22)23/h3-5,7H,6,18H2,1-2H3,(H2,21,22,23). The summed E-state index contributed by atoms with van der Waals surface area (Å²) in [6, 6.07) is 3.86. The Morgan fingerprint density at radius 2 is 2.12 bits per heavy atom. The number of furan rings is 1. The van der Waals surface area contributed by atoms with Crippen molar-refractivity contribution in [2.24, 2.45) is 5.92 Å². The van der Waals surface area contributed by atoms with Crippen molar-refractivity contribution in [2.45, 2.75) is 20.4 Å². The first-order valence-electron chi connectivity index (χ1n) is 7.39. The number of nitrogens with zero attached hydrogens (tertiary/aromatic N) is 2. The zero-order valence-electron chi connectivity index (χ0n) is 13.4. The highest BCUT2D eigenvalue weighted by Crippen LogP contribution is 2.38. The summed E-state index contributed by atoms with van der Waals surface area (Å²) in [6.45, 7) is 4.53. The zero-order valence-corrected chi connectivity index (χ0v) is 15.9. The molecule has 0 aliphatic rings. The quantitative estimate of drug-likeness (QED) is 0.431. The van der Waals surface area contributed by atoms with E-state index in [9.17, 15) is 18.7 Å². The number of rotatable bonds is 4. The first-order chi connectivity index (χ1) is 11.6. The average Bonchev–Trinajstić information content (AvgIpc) is 3.09. The van der Waals surface area contributed by atoms with Crippen LogP contribution in [0, 0.1) is 11.7 Å². The molecular weight excluding hydrogens is 416 g/mol. The van der Waals surface area contributed by atoms with Gasteiger partial charge in [-0.3, -0.25) is 4.57 Å². The third kappa shape index (κ3) is 3.25. The van der Waals surface area contributed by atoms with Crippen LogP contribution in [0.1, 0.15) is 13.8 Å². The second-order valence-electron chi connectivity index (χ2n) is 6.08. The third-order valence-electron chi connectivity index (χ3n) is 3.61. The zero-order chi connectivity index (χ0) is 18.5. The topological polar surface area (TPSA) is 115 Å². The third-order valence-corrected chi connectivity index (χ3v) is 5.22. The summed E-state index contributed by atoms with van der Waals surface area (Å²) in [7, 11) is -4.51. The van der Waals surface area contributed by atoms with E-state index >= 15 is 0 Å². The van der Waals surface area contributed by atoms with Crippen LogP contribution in [0.5, 0.6) is 0 Å². The van der Waals surface area contributed by atoms with Crippen molar-refractivity contribution < 1.29 is 23.2 Å². The van der Waals surface area contributed by atoms with Gasteiger partial charge in [-0.2, -0.15) is 0 Å². The van der Waals surface area contributed by atoms with Crippen molar-refractivity contribution >= 4 is 45.7 Å². The molecular formula is C15H16BrFN3O4P. The predicted octanol–water partition coefficient (Wildman–Crippen LogP) is 3.24. The van der Waals surface area contributed by atoms with E-state index in [0.717, 1.165) is 0 Å². The van der Waals surface area contributed by atoms with Crippen molar-refractivity contribution in [1.82, 2.24) is 9.55 Å². The van der Waals surface area contributed by atoms with Crippen LogP contribution in [0.4, 0.5) is 10.1 Å².